The molecule has 0 atom stereocenters. The van der Waals surface area contributed by atoms with Gasteiger partial charge in [0, 0.05) is 19.6 Å². The van der Waals surface area contributed by atoms with Crippen molar-refractivity contribution in [3.05, 3.63) is 29.6 Å². The number of benzene rings is 1. The SMILES string of the molecule is CN(C)CCOCCNCc1ccc(O)c(F)c1. The molecule has 1 aromatic rings. The van der Waals surface area contributed by atoms with Crippen LogP contribution in [0.25, 0.3) is 0 Å². The normalized spacial score (nSPS) is 11.1. The number of ether oxygens (including phenoxy) is 1. The molecule has 0 saturated carbocycles. The Labute approximate surface area is 107 Å². The van der Waals surface area contributed by atoms with Gasteiger partial charge in [0.05, 0.1) is 13.2 Å². The van der Waals surface area contributed by atoms with Crippen LogP contribution in [0.5, 0.6) is 5.75 Å². The fraction of sp³-hybridized carbons (Fsp3) is 0.538. The molecule has 0 aliphatic rings. The summed E-state index contributed by atoms with van der Waals surface area (Å²) in [6.45, 7) is 3.53. The maximum Gasteiger partial charge on any atom is 0.165 e. The average Bonchev–Trinajstić information content (AvgIpc) is 2.32. The zero-order chi connectivity index (χ0) is 13.4. The first kappa shape index (κ1) is 14.9. The highest BCUT2D eigenvalue weighted by atomic mass is 19.1. The summed E-state index contributed by atoms with van der Waals surface area (Å²) < 4.78 is 18.4. The summed E-state index contributed by atoms with van der Waals surface area (Å²) >= 11 is 0. The first-order chi connectivity index (χ1) is 8.59. The third-order valence-electron chi connectivity index (χ3n) is 2.45. The maximum absolute atomic E-state index is 13.0. The fourth-order valence-corrected chi connectivity index (χ4v) is 1.39. The highest BCUT2D eigenvalue weighted by Crippen LogP contribution is 2.15. The number of hydrogen-bond acceptors (Lipinski definition) is 4. The topological polar surface area (TPSA) is 44.7 Å². The lowest BCUT2D eigenvalue weighted by atomic mass is 10.2. The molecule has 102 valence electrons. The van der Waals surface area contributed by atoms with Gasteiger partial charge in [-0.1, -0.05) is 6.07 Å². The summed E-state index contributed by atoms with van der Waals surface area (Å²) in [5, 5.41) is 12.2. The number of nitrogens with one attached hydrogen (secondary N) is 1. The van der Waals surface area contributed by atoms with Crippen molar-refractivity contribution in [2.45, 2.75) is 6.54 Å². The zero-order valence-corrected chi connectivity index (χ0v) is 10.9. The van der Waals surface area contributed by atoms with Crippen LogP contribution in [0, 0.1) is 5.82 Å². The van der Waals surface area contributed by atoms with E-state index in [0.717, 1.165) is 18.7 Å². The van der Waals surface area contributed by atoms with Gasteiger partial charge in [-0.3, -0.25) is 0 Å². The summed E-state index contributed by atoms with van der Waals surface area (Å²) in [4.78, 5) is 2.06. The molecule has 5 heteroatoms. The predicted octanol–water partition coefficient (Wildman–Crippen LogP) is 1.20. The van der Waals surface area contributed by atoms with E-state index < -0.39 is 5.82 Å². The third kappa shape index (κ3) is 5.95. The Morgan fingerprint density at radius 1 is 1.33 bits per heavy atom. The number of phenolic OH excluding ortho intramolecular Hbond substituents is 1. The number of rotatable bonds is 8. The number of aromatic hydroxyl groups is 1. The Balaban J connectivity index is 2.09. The number of nitrogens with zero attached hydrogens (tertiary/aromatic N) is 1. The molecule has 18 heavy (non-hydrogen) atoms. The molecule has 1 rings (SSSR count). The molecular weight excluding hydrogens is 235 g/mol. The van der Waals surface area contributed by atoms with Crippen molar-refractivity contribution >= 4 is 0 Å². The van der Waals surface area contributed by atoms with Crippen LogP contribution in [0.3, 0.4) is 0 Å². The average molecular weight is 256 g/mol. The minimum atomic E-state index is -0.587. The van der Waals surface area contributed by atoms with E-state index >= 15 is 0 Å². The summed E-state index contributed by atoms with van der Waals surface area (Å²) in [6, 6.07) is 4.38. The quantitative estimate of drug-likeness (QED) is 0.686. The first-order valence-corrected chi connectivity index (χ1v) is 6.00. The van der Waals surface area contributed by atoms with Crippen LogP contribution in [0.4, 0.5) is 4.39 Å². The highest BCUT2D eigenvalue weighted by molar-refractivity contribution is 5.27. The summed E-state index contributed by atoms with van der Waals surface area (Å²) in [7, 11) is 4.00. The van der Waals surface area contributed by atoms with Gasteiger partial charge in [0.15, 0.2) is 11.6 Å². The molecule has 0 heterocycles. The molecule has 0 saturated heterocycles. The molecule has 0 aromatic heterocycles. The molecule has 0 unspecified atom stereocenters. The fourth-order valence-electron chi connectivity index (χ4n) is 1.39. The number of halogens is 1. The van der Waals surface area contributed by atoms with Crippen molar-refractivity contribution in [3.63, 3.8) is 0 Å². The van der Waals surface area contributed by atoms with Crippen LogP contribution in [0.2, 0.25) is 0 Å². The largest absolute Gasteiger partial charge is 0.505 e. The molecule has 0 aliphatic carbocycles. The molecular formula is C13H21FN2O2. The van der Waals surface area contributed by atoms with Gasteiger partial charge in [-0.2, -0.15) is 0 Å². The van der Waals surface area contributed by atoms with E-state index in [4.69, 9.17) is 9.84 Å². The molecule has 2 N–H and O–H groups in total. The van der Waals surface area contributed by atoms with Gasteiger partial charge >= 0.3 is 0 Å². The number of hydrogen-bond donors (Lipinski definition) is 2. The van der Waals surface area contributed by atoms with Gasteiger partial charge in [-0.15, -0.1) is 0 Å². The molecule has 0 fully saturated rings. The van der Waals surface area contributed by atoms with E-state index in [1.807, 2.05) is 14.1 Å². The number of phenols is 1. The van der Waals surface area contributed by atoms with Crippen molar-refractivity contribution in [2.75, 3.05) is 40.4 Å². The van der Waals surface area contributed by atoms with Crippen molar-refractivity contribution in [3.8, 4) is 5.75 Å². The maximum atomic E-state index is 13.0. The Hall–Kier alpha value is -1.17. The Morgan fingerprint density at radius 3 is 2.78 bits per heavy atom. The molecule has 0 radical (unpaired) electrons. The highest BCUT2D eigenvalue weighted by Gasteiger charge is 2.00. The van der Waals surface area contributed by atoms with Crippen molar-refractivity contribution in [1.29, 1.82) is 0 Å². The lowest BCUT2D eigenvalue weighted by Gasteiger charge is -2.10. The smallest absolute Gasteiger partial charge is 0.165 e. The Bertz CT molecular complexity index is 359. The third-order valence-corrected chi connectivity index (χ3v) is 2.45. The van der Waals surface area contributed by atoms with Crippen molar-refractivity contribution in [1.82, 2.24) is 10.2 Å². The standard InChI is InChI=1S/C13H21FN2O2/c1-16(2)6-8-18-7-5-15-10-11-3-4-13(17)12(14)9-11/h3-4,9,15,17H,5-8,10H2,1-2H3. The first-order valence-electron chi connectivity index (χ1n) is 6.00. The van der Waals surface area contributed by atoms with Crippen LogP contribution in [0.15, 0.2) is 18.2 Å². The van der Waals surface area contributed by atoms with Crippen LogP contribution in [0.1, 0.15) is 5.56 Å². The van der Waals surface area contributed by atoms with Crippen molar-refractivity contribution in [2.24, 2.45) is 0 Å². The Kier molecular flexibility index (Phi) is 6.64. The second kappa shape index (κ2) is 8.02. The van der Waals surface area contributed by atoms with E-state index in [1.165, 1.54) is 12.1 Å². The molecule has 0 spiro atoms. The Morgan fingerprint density at radius 2 is 2.11 bits per heavy atom. The molecule has 1 aromatic carbocycles. The van der Waals surface area contributed by atoms with Gasteiger partial charge in [-0.05, 0) is 31.8 Å². The van der Waals surface area contributed by atoms with Gasteiger partial charge in [0.2, 0.25) is 0 Å². The summed E-state index contributed by atoms with van der Waals surface area (Å²) in [5.41, 5.74) is 0.804. The predicted molar refractivity (Wildman–Crippen MR) is 69.1 cm³/mol. The van der Waals surface area contributed by atoms with E-state index in [-0.39, 0.29) is 5.75 Å². The monoisotopic (exact) mass is 256 g/mol. The minimum Gasteiger partial charge on any atom is -0.505 e. The lowest BCUT2D eigenvalue weighted by molar-refractivity contribution is 0.119. The summed E-state index contributed by atoms with van der Waals surface area (Å²) in [5.74, 6) is -0.901. The second-order valence-corrected chi connectivity index (χ2v) is 4.38. The zero-order valence-electron chi connectivity index (χ0n) is 10.9. The molecule has 0 amide bonds. The summed E-state index contributed by atoms with van der Waals surface area (Å²) in [6.07, 6.45) is 0. The lowest BCUT2D eigenvalue weighted by Crippen LogP contribution is -2.23. The van der Waals surface area contributed by atoms with E-state index in [9.17, 15) is 4.39 Å². The second-order valence-electron chi connectivity index (χ2n) is 4.38. The van der Waals surface area contributed by atoms with E-state index in [2.05, 4.69) is 10.2 Å². The van der Waals surface area contributed by atoms with Crippen LogP contribution in [-0.2, 0) is 11.3 Å². The van der Waals surface area contributed by atoms with E-state index in [1.54, 1.807) is 6.07 Å². The van der Waals surface area contributed by atoms with Crippen LogP contribution < -0.4 is 5.32 Å². The van der Waals surface area contributed by atoms with Crippen molar-refractivity contribution < 1.29 is 14.2 Å². The van der Waals surface area contributed by atoms with Gasteiger partial charge in [0.1, 0.15) is 0 Å². The van der Waals surface area contributed by atoms with Crippen LogP contribution in [-0.4, -0.2) is 50.4 Å². The van der Waals surface area contributed by atoms with Gasteiger partial charge in [-0.25, -0.2) is 4.39 Å². The van der Waals surface area contributed by atoms with Crippen LogP contribution >= 0.6 is 0 Å². The minimum absolute atomic E-state index is 0.314. The molecule has 4 nitrogen and oxygen atoms in total. The number of likely N-dealkylation sites (N-methyl/N-ethyl adjacent to an activating group) is 1. The van der Waals surface area contributed by atoms with Gasteiger partial charge < -0.3 is 20.1 Å². The van der Waals surface area contributed by atoms with Gasteiger partial charge in [0.25, 0.3) is 0 Å². The molecule has 0 aliphatic heterocycles. The van der Waals surface area contributed by atoms with E-state index in [0.29, 0.717) is 19.8 Å². The molecule has 0 bridgehead atoms.